The number of carbonyl (C=O) groups is 3. The van der Waals surface area contributed by atoms with Crippen molar-refractivity contribution in [2.75, 3.05) is 14.2 Å². The fraction of sp³-hybridized carbons (Fsp3) is 0.375. The first-order valence-corrected chi connectivity index (χ1v) is 6.69. The van der Waals surface area contributed by atoms with Gasteiger partial charge in [0.15, 0.2) is 0 Å². The van der Waals surface area contributed by atoms with Gasteiger partial charge < -0.3 is 14.3 Å². The van der Waals surface area contributed by atoms with E-state index in [1.807, 2.05) is 0 Å². The maximum absolute atomic E-state index is 12.7. The van der Waals surface area contributed by atoms with Gasteiger partial charge in [-0.1, -0.05) is 6.07 Å². The zero-order chi connectivity index (χ0) is 16.3. The quantitative estimate of drug-likeness (QED) is 0.629. The topological polar surface area (TPSA) is 74.0 Å². The van der Waals surface area contributed by atoms with E-state index in [1.165, 1.54) is 20.3 Å². The van der Waals surface area contributed by atoms with Crippen molar-refractivity contribution in [1.29, 1.82) is 0 Å². The van der Waals surface area contributed by atoms with E-state index in [9.17, 15) is 14.4 Å². The van der Waals surface area contributed by atoms with Crippen molar-refractivity contribution in [2.45, 2.75) is 24.8 Å². The van der Waals surface area contributed by atoms with Crippen LogP contribution in [-0.4, -0.2) is 37.5 Å². The van der Waals surface area contributed by atoms with E-state index in [0.29, 0.717) is 12.0 Å². The molecule has 0 spiro atoms. The second kappa shape index (κ2) is 5.98. The maximum Gasteiger partial charge on any atom is 0.337 e. The molecule has 1 aromatic carbocycles. The first-order chi connectivity index (χ1) is 10.5. The van der Waals surface area contributed by atoms with Crippen LogP contribution in [0.25, 0.3) is 4.85 Å². The van der Waals surface area contributed by atoms with Crippen LogP contribution >= 0.6 is 0 Å². The third-order valence-corrected chi connectivity index (χ3v) is 3.88. The van der Waals surface area contributed by atoms with Crippen LogP contribution in [-0.2, 0) is 20.7 Å². The second-order valence-electron chi connectivity index (χ2n) is 5.09. The second-order valence-corrected chi connectivity index (χ2v) is 5.09. The average Bonchev–Trinajstić information content (AvgIpc) is 2.56. The molecule has 0 N–H and O–H groups in total. The van der Waals surface area contributed by atoms with Crippen molar-refractivity contribution < 1.29 is 23.9 Å². The van der Waals surface area contributed by atoms with Gasteiger partial charge in [0.1, 0.15) is 6.42 Å². The van der Waals surface area contributed by atoms with Crippen LogP contribution in [0.1, 0.15) is 39.1 Å². The van der Waals surface area contributed by atoms with Gasteiger partial charge in [-0.25, -0.2) is 11.4 Å². The van der Waals surface area contributed by atoms with Crippen LogP contribution in [0, 0.1) is 6.57 Å². The van der Waals surface area contributed by atoms with Gasteiger partial charge in [-0.3, -0.25) is 9.59 Å². The van der Waals surface area contributed by atoms with Gasteiger partial charge in [0.05, 0.1) is 19.8 Å². The van der Waals surface area contributed by atoms with Crippen molar-refractivity contribution in [2.24, 2.45) is 0 Å². The molecule has 0 radical (unpaired) electrons. The van der Waals surface area contributed by atoms with Crippen molar-refractivity contribution in [1.82, 2.24) is 0 Å². The highest BCUT2D eigenvalue weighted by atomic mass is 16.5. The average molecular weight is 301 g/mol. The van der Waals surface area contributed by atoms with E-state index in [4.69, 9.17) is 6.57 Å². The summed E-state index contributed by atoms with van der Waals surface area (Å²) in [6, 6.07) is 4.70. The van der Waals surface area contributed by atoms with Crippen molar-refractivity contribution in [3.05, 3.63) is 46.3 Å². The number of ether oxygens (including phenoxy) is 2. The zero-order valence-electron chi connectivity index (χ0n) is 12.3. The van der Waals surface area contributed by atoms with Gasteiger partial charge in [-0.15, -0.1) is 0 Å². The lowest BCUT2D eigenvalue weighted by atomic mass is 9.75. The molecule has 0 saturated heterocycles. The molecule has 0 aliphatic heterocycles. The number of nitrogens with zero attached hydrogens (tertiary/aromatic N) is 1. The molecule has 0 fully saturated rings. The Labute approximate surface area is 127 Å². The Bertz CT molecular complexity index is 688. The molecular weight excluding hydrogens is 286 g/mol. The number of carbonyl (C=O) groups excluding carboxylic acids is 3. The smallest absolute Gasteiger partial charge is 0.337 e. The van der Waals surface area contributed by atoms with Crippen molar-refractivity contribution in [3.8, 4) is 0 Å². The number of hydrogen-bond acceptors (Lipinski definition) is 5. The molecule has 0 amide bonds. The van der Waals surface area contributed by atoms with Crippen LogP contribution in [0.15, 0.2) is 18.2 Å². The first-order valence-electron chi connectivity index (χ1n) is 6.69. The summed E-state index contributed by atoms with van der Waals surface area (Å²) in [6.07, 6.45) is 0.463. The van der Waals surface area contributed by atoms with Gasteiger partial charge in [0.2, 0.25) is 5.78 Å². The fourth-order valence-electron chi connectivity index (χ4n) is 2.58. The molecule has 0 heterocycles. The Kier molecular flexibility index (Phi) is 4.27. The molecule has 114 valence electrons. The molecule has 6 nitrogen and oxygen atoms in total. The van der Waals surface area contributed by atoms with E-state index < -0.39 is 23.3 Å². The van der Waals surface area contributed by atoms with Crippen LogP contribution in [0.3, 0.4) is 0 Å². The monoisotopic (exact) mass is 301 g/mol. The predicted molar refractivity (Wildman–Crippen MR) is 76.4 cm³/mol. The lowest BCUT2D eigenvalue weighted by Crippen LogP contribution is -2.42. The highest BCUT2D eigenvalue weighted by molar-refractivity contribution is 6.09. The Morgan fingerprint density at radius 1 is 1.32 bits per heavy atom. The van der Waals surface area contributed by atoms with E-state index >= 15 is 0 Å². The molecular formula is C16H15NO5. The summed E-state index contributed by atoms with van der Waals surface area (Å²) in [4.78, 5) is 39.3. The Morgan fingerprint density at radius 3 is 2.64 bits per heavy atom. The molecule has 1 aromatic rings. The van der Waals surface area contributed by atoms with E-state index in [2.05, 4.69) is 14.3 Å². The van der Waals surface area contributed by atoms with Crippen LogP contribution in [0.4, 0.5) is 0 Å². The van der Waals surface area contributed by atoms with Gasteiger partial charge in [0, 0.05) is 12.0 Å². The van der Waals surface area contributed by atoms with Gasteiger partial charge in [-0.2, -0.15) is 0 Å². The minimum absolute atomic E-state index is 0.244. The van der Waals surface area contributed by atoms with Gasteiger partial charge in [0.25, 0.3) is 0 Å². The number of benzene rings is 1. The van der Waals surface area contributed by atoms with Gasteiger partial charge in [-0.05, 0) is 24.1 Å². The number of Topliss-reactive ketones (excluding diaryl/α,β-unsaturated/α-hetero) is 1. The lowest BCUT2D eigenvalue weighted by Gasteiger charge is -2.26. The van der Waals surface area contributed by atoms with Crippen LogP contribution in [0.5, 0.6) is 0 Å². The highest BCUT2D eigenvalue weighted by Gasteiger charge is 2.51. The number of hydrogen-bond donors (Lipinski definition) is 0. The predicted octanol–water partition coefficient (Wildman–Crippen LogP) is 1.82. The Morgan fingerprint density at radius 2 is 2.05 bits per heavy atom. The molecule has 1 atom stereocenters. The SMILES string of the molecule is [C-]#[N+]C1(CC(=O)OC)CCc2ccc(C(=O)OC)cc2C1=O. The molecule has 0 aromatic heterocycles. The summed E-state index contributed by atoms with van der Waals surface area (Å²) < 4.78 is 9.22. The lowest BCUT2D eigenvalue weighted by molar-refractivity contribution is -0.141. The molecule has 22 heavy (non-hydrogen) atoms. The van der Waals surface area contributed by atoms with Crippen LogP contribution < -0.4 is 0 Å². The summed E-state index contributed by atoms with van der Waals surface area (Å²) in [7, 11) is 2.47. The zero-order valence-corrected chi connectivity index (χ0v) is 12.3. The van der Waals surface area contributed by atoms with Crippen molar-refractivity contribution >= 4 is 17.7 Å². The molecule has 0 bridgehead atoms. The first kappa shape index (κ1) is 15.7. The summed E-state index contributed by atoms with van der Waals surface area (Å²) in [5, 5.41) is 0. The fourth-order valence-corrected chi connectivity index (χ4v) is 2.58. The molecule has 2 rings (SSSR count). The molecule has 0 saturated carbocycles. The number of esters is 2. The third-order valence-electron chi connectivity index (χ3n) is 3.88. The number of fused-ring (bicyclic) bond motifs is 1. The third kappa shape index (κ3) is 2.58. The highest BCUT2D eigenvalue weighted by Crippen LogP contribution is 2.35. The van der Waals surface area contributed by atoms with Crippen LogP contribution in [0.2, 0.25) is 0 Å². The Balaban J connectivity index is 2.45. The standard InChI is InChI=1S/C16H15NO5/c1-17-16(9-13(18)21-2)7-6-10-4-5-11(15(20)22-3)8-12(10)14(16)19/h4-5,8H,6-7,9H2,2-3H3. The van der Waals surface area contributed by atoms with E-state index in [0.717, 1.165) is 5.56 Å². The molecule has 1 aliphatic rings. The summed E-state index contributed by atoms with van der Waals surface area (Å²) in [5.74, 6) is -1.60. The normalized spacial score (nSPS) is 19.8. The summed E-state index contributed by atoms with van der Waals surface area (Å²) in [5.41, 5.74) is -0.140. The summed E-state index contributed by atoms with van der Waals surface area (Å²) >= 11 is 0. The minimum Gasteiger partial charge on any atom is -0.469 e. The van der Waals surface area contributed by atoms with E-state index in [1.54, 1.807) is 12.1 Å². The maximum atomic E-state index is 12.7. The van der Waals surface area contributed by atoms with Crippen molar-refractivity contribution in [3.63, 3.8) is 0 Å². The number of methoxy groups -OCH3 is 2. The molecule has 1 aliphatic carbocycles. The van der Waals surface area contributed by atoms with E-state index in [-0.39, 0.29) is 18.4 Å². The molecule has 6 heteroatoms. The number of ketones is 1. The minimum atomic E-state index is -1.45. The number of rotatable bonds is 3. The summed E-state index contributed by atoms with van der Waals surface area (Å²) in [6.45, 7) is 7.36. The number of aryl methyl sites for hydroxylation is 1. The molecule has 1 unspecified atom stereocenters. The Hall–Kier alpha value is -2.68. The largest absolute Gasteiger partial charge is 0.469 e. The van der Waals surface area contributed by atoms with Gasteiger partial charge >= 0.3 is 17.5 Å².